The molecule has 2 rings (SSSR count). The SMILES string of the molecule is CC(N)c1nc(CC2CCNCC2)no1. The van der Waals surface area contributed by atoms with Gasteiger partial charge in [-0.25, -0.2) is 0 Å². The highest BCUT2D eigenvalue weighted by Crippen LogP contribution is 2.17. The Morgan fingerprint density at radius 2 is 2.27 bits per heavy atom. The van der Waals surface area contributed by atoms with E-state index in [1.165, 1.54) is 12.8 Å². The molecular formula is C10H18N4O. The minimum absolute atomic E-state index is 0.167. The first kappa shape index (κ1) is 10.6. The quantitative estimate of drug-likeness (QED) is 0.765. The van der Waals surface area contributed by atoms with Crippen LogP contribution < -0.4 is 11.1 Å². The number of nitrogens with one attached hydrogen (secondary N) is 1. The first-order chi connectivity index (χ1) is 7.25. The normalized spacial score (nSPS) is 20.4. The highest BCUT2D eigenvalue weighted by molar-refractivity contribution is 4.92. The lowest BCUT2D eigenvalue weighted by molar-refractivity contribution is 0.340. The lowest BCUT2D eigenvalue weighted by Gasteiger charge is -2.20. The van der Waals surface area contributed by atoms with Crippen molar-refractivity contribution in [2.45, 2.75) is 32.2 Å². The summed E-state index contributed by atoms with van der Waals surface area (Å²) in [6.45, 7) is 4.05. The number of nitrogens with zero attached hydrogens (tertiary/aromatic N) is 2. The minimum Gasteiger partial charge on any atom is -0.338 e. The van der Waals surface area contributed by atoms with Gasteiger partial charge in [0.15, 0.2) is 5.82 Å². The van der Waals surface area contributed by atoms with Crippen LogP contribution in [0.25, 0.3) is 0 Å². The summed E-state index contributed by atoms with van der Waals surface area (Å²) in [6.07, 6.45) is 3.31. The third-order valence-corrected chi connectivity index (χ3v) is 2.80. The molecule has 0 amide bonds. The Morgan fingerprint density at radius 1 is 1.53 bits per heavy atom. The molecule has 0 aromatic carbocycles. The smallest absolute Gasteiger partial charge is 0.243 e. The van der Waals surface area contributed by atoms with E-state index in [1.54, 1.807) is 0 Å². The van der Waals surface area contributed by atoms with Crippen molar-refractivity contribution in [3.05, 3.63) is 11.7 Å². The molecular weight excluding hydrogens is 192 g/mol. The van der Waals surface area contributed by atoms with E-state index in [0.29, 0.717) is 11.8 Å². The molecule has 1 aliphatic heterocycles. The number of aromatic nitrogens is 2. The fourth-order valence-electron chi connectivity index (χ4n) is 1.88. The number of piperidine rings is 1. The number of hydrogen-bond acceptors (Lipinski definition) is 5. The van der Waals surface area contributed by atoms with Gasteiger partial charge < -0.3 is 15.6 Å². The Balaban J connectivity index is 1.91. The molecule has 0 saturated carbocycles. The Morgan fingerprint density at radius 3 is 2.87 bits per heavy atom. The molecule has 15 heavy (non-hydrogen) atoms. The Kier molecular flexibility index (Phi) is 3.33. The van der Waals surface area contributed by atoms with E-state index in [-0.39, 0.29) is 6.04 Å². The summed E-state index contributed by atoms with van der Waals surface area (Å²) in [5, 5.41) is 7.28. The van der Waals surface area contributed by atoms with Gasteiger partial charge in [-0.15, -0.1) is 0 Å². The standard InChI is InChI=1S/C10H18N4O/c1-7(11)10-13-9(14-15-10)6-8-2-4-12-5-3-8/h7-8,12H,2-6,11H2,1H3. The average Bonchev–Trinajstić information content (AvgIpc) is 2.68. The van der Waals surface area contributed by atoms with Crippen molar-refractivity contribution in [2.24, 2.45) is 11.7 Å². The second-order valence-electron chi connectivity index (χ2n) is 4.24. The van der Waals surface area contributed by atoms with E-state index in [1.807, 2.05) is 6.92 Å². The van der Waals surface area contributed by atoms with Crippen molar-refractivity contribution in [3.63, 3.8) is 0 Å². The molecule has 84 valence electrons. The molecule has 1 fully saturated rings. The van der Waals surface area contributed by atoms with Gasteiger partial charge in [-0.3, -0.25) is 0 Å². The molecule has 0 spiro atoms. The second-order valence-corrected chi connectivity index (χ2v) is 4.24. The predicted octanol–water partition coefficient (Wildman–Crippen LogP) is 0.631. The van der Waals surface area contributed by atoms with Gasteiger partial charge in [0.05, 0.1) is 6.04 Å². The summed E-state index contributed by atoms with van der Waals surface area (Å²) < 4.78 is 5.07. The van der Waals surface area contributed by atoms with Gasteiger partial charge in [0.25, 0.3) is 0 Å². The molecule has 1 atom stereocenters. The lowest BCUT2D eigenvalue weighted by atomic mass is 9.94. The van der Waals surface area contributed by atoms with E-state index in [2.05, 4.69) is 15.5 Å². The largest absolute Gasteiger partial charge is 0.338 e. The van der Waals surface area contributed by atoms with Crippen LogP contribution in [-0.2, 0) is 6.42 Å². The van der Waals surface area contributed by atoms with E-state index in [9.17, 15) is 0 Å². The molecule has 0 radical (unpaired) electrons. The van der Waals surface area contributed by atoms with E-state index >= 15 is 0 Å². The van der Waals surface area contributed by atoms with E-state index in [4.69, 9.17) is 10.3 Å². The van der Waals surface area contributed by atoms with E-state index in [0.717, 1.165) is 25.3 Å². The molecule has 5 heteroatoms. The van der Waals surface area contributed by atoms with Crippen LogP contribution >= 0.6 is 0 Å². The topological polar surface area (TPSA) is 77.0 Å². The van der Waals surface area contributed by atoms with Gasteiger partial charge >= 0.3 is 0 Å². The van der Waals surface area contributed by atoms with Crippen molar-refractivity contribution in [1.29, 1.82) is 0 Å². The Bertz CT molecular complexity index is 304. The Hall–Kier alpha value is -0.940. The van der Waals surface area contributed by atoms with Crippen LogP contribution in [0.4, 0.5) is 0 Å². The highest BCUT2D eigenvalue weighted by Gasteiger charge is 2.17. The molecule has 1 aromatic rings. The van der Waals surface area contributed by atoms with Gasteiger partial charge in [0.2, 0.25) is 5.89 Å². The van der Waals surface area contributed by atoms with Crippen molar-refractivity contribution in [1.82, 2.24) is 15.5 Å². The first-order valence-electron chi connectivity index (χ1n) is 5.54. The summed E-state index contributed by atoms with van der Waals surface area (Å²) in [5.41, 5.74) is 5.65. The van der Waals surface area contributed by atoms with Crippen LogP contribution in [0.5, 0.6) is 0 Å². The zero-order valence-corrected chi connectivity index (χ0v) is 9.07. The average molecular weight is 210 g/mol. The van der Waals surface area contributed by atoms with Crippen molar-refractivity contribution >= 4 is 0 Å². The number of rotatable bonds is 3. The zero-order chi connectivity index (χ0) is 10.7. The fraction of sp³-hybridized carbons (Fsp3) is 0.800. The molecule has 1 aromatic heterocycles. The van der Waals surface area contributed by atoms with Crippen LogP contribution in [0.2, 0.25) is 0 Å². The Labute approximate surface area is 89.4 Å². The molecule has 1 saturated heterocycles. The van der Waals surface area contributed by atoms with Crippen LogP contribution in [0.3, 0.4) is 0 Å². The van der Waals surface area contributed by atoms with Crippen molar-refractivity contribution in [3.8, 4) is 0 Å². The number of hydrogen-bond donors (Lipinski definition) is 2. The lowest BCUT2D eigenvalue weighted by Crippen LogP contribution is -2.28. The summed E-state index contributed by atoms with van der Waals surface area (Å²) in [6, 6.07) is -0.167. The molecule has 3 N–H and O–H groups in total. The zero-order valence-electron chi connectivity index (χ0n) is 9.07. The summed E-state index contributed by atoms with van der Waals surface area (Å²) in [5.74, 6) is 2.03. The maximum Gasteiger partial charge on any atom is 0.243 e. The summed E-state index contributed by atoms with van der Waals surface area (Å²) in [4.78, 5) is 4.28. The number of nitrogens with two attached hydrogens (primary N) is 1. The van der Waals surface area contributed by atoms with Gasteiger partial charge in [0.1, 0.15) is 0 Å². The first-order valence-corrected chi connectivity index (χ1v) is 5.54. The molecule has 1 unspecified atom stereocenters. The second kappa shape index (κ2) is 4.72. The monoisotopic (exact) mass is 210 g/mol. The van der Waals surface area contributed by atoms with Crippen LogP contribution in [0.15, 0.2) is 4.52 Å². The van der Waals surface area contributed by atoms with Crippen LogP contribution in [0.1, 0.15) is 37.5 Å². The molecule has 5 nitrogen and oxygen atoms in total. The molecule has 1 aliphatic rings. The third-order valence-electron chi connectivity index (χ3n) is 2.80. The third kappa shape index (κ3) is 2.76. The van der Waals surface area contributed by atoms with Gasteiger partial charge in [-0.1, -0.05) is 5.16 Å². The predicted molar refractivity (Wildman–Crippen MR) is 56.2 cm³/mol. The minimum atomic E-state index is -0.167. The maximum absolute atomic E-state index is 5.65. The summed E-state index contributed by atoms with van der Waals surface area (Å²) in [7, 11) is 0. The highest BCUT2D eigenvalue weighted by atomic mass is 16.5. The fourth-order valence-corrected chi connectivity index (χ4v) is 1.88. The molecule has 2 heterocycles. The summed E-state index contributed by atoms with van der Waals surface area (Å²) >= 11 is 0. The van der Waals surface area contributed by atoms with Gasteiger partial charge in [-0.05, 0) is 38.8 Å². The van der Waals surface area contributed by atoms with Crippen LogP contribution in [-0.4, -0.2) is 23.2 Å². The van der Waals surface area contributed by atoms with Gasteiger partial charge in [0, 0.05) is 6.42 Å². The van der Waals surface area contributed by atoms with Crippen molar-refractivity contribution < 1.29 is 4.52 Å². The van der Waals surface area contributed by atoms with Gasteiger partial charge in [-0.2, -0.15) is 4.98 Å². The molecule has 0 aliphatic carbocycles. The molecule has 0 bridgehead atoms. The van der Waals surface area contributed by atoms with Crippen molar-refractivity contribution in [2.75, 3.05) is 13.1 Å². The van der Waals surface area contributed by atoms with E-state index < -0.39 is 0 Å². The maximum atomic E-state index is 5.65. The van der Waals surface area contributed by atoms with Crippen LogP contribution in [0, 0.1) is 5.92 Å².